The van der Waals surface area contributed by atoms with Crippen molar-refractivity contribution in [1.29, 1.82) is 0 Å². The van der Waals surface area contributed by atoms with Crippen LogP contribution in [-0.4, -0.2) is 68.1 Å². The predicted molar refractivity (Wildman–Crippen MR) is 137 cm³/mol. The molecule has 5 rings (SSSR count). The van der Waals surface area contributed by atoms with Crippen LogP contribution in [0.3, 0.4) is 0 Å². The average Bonchev–Trinajstić information content (AvgIpc) is 3.37. The van der Waals surface area contributed by atoms with E-state index in [1.165, 1.54) is 6.07 Å². The number of rotatable bonds is 7. The number of fused-ring (bicyclic) bond motifs is 1. The van der Waals surface area contributed by atoms with Crippen LogP contribution in [0.2, 0.25) is 5.02 Å². The lowest BCUT2D eigenvalue weighted by atomic mass is 9.89. The number of nitrogens with one attached hydrogen (secondary N) is 1. The number of ether oxygens (including phenoxy) is 1. The number of halogens is 1. The molecule has 36 heavy (non-hydrogen) atoms. The fraction of sp³-hybridized carbons (Fsp3) is 0.462. The van der Waals surface area contributed by atoms with Crippen LogP contribution in [0.4, 0.5) is 5.69 Å². The molecular weight excluding hydrogens is 502 g/mol. The average molecular weight is 532 g/mol. The van der Waals surface area contributed by atoms with Gasteiger partial charge < -0.3 is 15.0 Å². The highest BCUT2D eigenvalue weighted by Gasteiger charge is 2.36. The summed E-state index contributed by atoms with van der Waals surface area (Å²) in [6, 6.07) is 11.6. The molecular formula is C26H30ClN3O5S. The summed E-state index contributed by atoms with van der Waals surface area (Å²) in [5.41, 5.74) is 1.09. The summed E-state index contributed by atoms with van der Waals surface area (Å²) in [7, 11) is -3.69. The smallest absolute Gasteiger partial charge is 0.262 e. The zero-order valence-electron chi connectivity index (χ0n) is 20.0. The lowest BCUT2D eigenvalue weighted by Crippen LogP contribution is -2.41. The number of likely N-dealkylation sites (tertiary alicyclic amines) is 1. The van der Waals surface area contributed by atoms with Crippen LogP contribution >= 0.6 is 11.6 Å². The molecule has 2 aromatic carbocycles. The quantitative estimate of drug-likeness (QED) is 0.546. The van der Waals surface area contributed by atoms with Crippen molar-refractivity contribution in [3.05, 3.63) is 53.1 Å². The highest BCUT2D eigenvalue weighted by atomic mass is 35.5. The fourth-order valence-corrected chi connectivity index (χ4v) is 7.25. The molecule has 0 aromatic heterocycles. The maximum Gasteiger partial charge on any atom is 0.262 e. The van der Waals surface area contributed by atoms with Gasteiger partial charge in [-0.1, -0.05) is 11.6 Å². The molecule has 0 saturated carbocycles. The van der Waals surface area contributed by atoms with Crippen LogP contribution in [0.5, 0.6) is 5.75 Å². The van der Waals surface area contributed by atoms with Crippen LogP contribution in [-0.2, 0) is 14.8 Å². The van der Waals surface area contributed by atoms with E-state index >= 15 is 0 Å². The zero-order valence-corrected chi connectivity index (χ0v) is 21.6. The van der Waals surface area contributed by atoms with Gasteiger partial charge in [-0.3, -0.25) is 9.59 Å². The molecule has 2 fully saturated rings. The molecule has 1 N–H and O–H groups in total. The van der Waals surface area contributed by atoms with Crippen molar-refractivity contribution in [2.45, 2.75) is 43.0 Å². The van der Waals surface area contributed by atoms with E-state index in [9.17, 15) is 18.0 Å². The minimum absolute atomic E-state index is 0.0132. The monoisotopic (exact) mass is 531 g/mol. The van der Waals surface area contributed by atoms with Gasteiger partial charge in [0.25, 0.3) is 5.91 Å². The minimum Gasteiger partial charge on any atom is -0.482 e. The van der Waals surface area contributed by atoms with Crippen LogP contribution in [0.1, 0.15) is 42.5 Å². The van der Waals surface area contributed by atoms with Crippen LogP contribution in [0, 0.1) is 5.92 Å². The Morgan fingerprint density at radius 3 is 2.56 bits per heavy atom. The van der Waals surface area contributed by atoms with Crippen LogP contribution < -0.4 is 10.1 Å². The van der Waals surface area contributed by atoms with Gasteiger partial charge in [0, 0.05) is 29.1 Å². The van der Waals surface area contributed by atoms with Crippen molar-refractivity contribution in [3.8, 4) is 5.75 Å². The first-order valence-electron chi connectivity index (χ1n) is 12.4. The van der Waals surface area contributed by atoms with Crippen molar-refractivity contribution in [2.24, 2.45) is 5.92 Å². The molecule has 0 spiro atoms. The fourth-order valence-electron chi connectivity index (χ4n) is 5.37. The summed E-state index contributed by atoms with van der Waals surface area (Å²) < 4.78 is 33.9. The number of nitrogens with zero attached hydrogens (tertiary/aromatic N) is 2. The van der Waals surface area contributed by atoms with Crippen LogP contribution in [0.15, 0.2) is 47.4 Å². The number of carbonyl (C=O) groups is 2. The number of amides is 1. The Balaban J connectivity index is 1.17. The number of piperidine rings is 1. The third kappa shape index (κ3) is 5.29. The highest BCUT2D eigenvalue weighted by molar-refractivity contribution is 7.89. The number of ketones is 1. The first-order valence-corrected chi connectivity index (χ1v) is 14.2. The van der Waals surface area contributed by atoms with Crippen molar-refractivity contribution in [1.82, 2.24) is 9.21 Å². The summed E-state index contributed by atoms with van der Waals surface area (Å²) >= 11 is 5.94. The molecule has 8 nitrogen and oxygen atoms in total. The maximum atomic E-state index is 13.5. The predicted octanol–water partition coefficient (Wildman–Crippen LogP) is 3.81. The number of benzene rings is 2. The summed E-state index contributed by atoms with van der Waals surface area (Å²) in [6.07, 6.45) is 4.01. The Labute approximate surface area is 216 Å². The second-order valence-corrected chi connectivity index (χ2v) is 12.0. The van der Waals surface area contributed by atoms with Crippen molar-refractivity contribution in [2.75, 3.05) is 38.1 Å². The van der Waals surface area contributed by atoms with E-state index in [4.69, 9.17) is 16.3 Å². The lowest BCUT2D eigenvalue weighted by molar-refractivity contribution is -0.118. The first-order chi connectivity index (χ1) is 17.3. The highest BCUT2D eigenvalue weighted by Crippen LogP contribution is 2.34. The number of anilines is 1. The van der Waals surface area contributed by atoms with Gasteiger partial charge in [0.1, 0.15) is 5.75 Å². The molecule has 10 heteroatoms. The molecule has 2 saturated heterocycles. The Hall–Kier alpha value is -2.46. The normalized spacial score (nSPS) is 21.6. The van der Waals surface area contributed by atoms with E-state index in [1.807, 2.05) is 0 Å². The van der Waals surface area contributed by atoms with Gasteiger partial charge in [-0.25, -0.2) is 8.42 Å². The number of sulfonamides is 1. The van der Waals surface area contributed by atoms with E-state index in [-0.39, 0.29) is 35.2 Å². The largest absolute Gasteiger partial charge is 0.482 e. The molecule has 3 heterocycles. The summed E-state index contributed by atoms with van der Waals surface area (Å²) in [5.74, 6) is 0.365. The maximum absolute atomic E-state index is 13.5. The van der Waals surface area contributed by atoms with Crippen LogP contribution in [0.25, 0.3) is 0 Å². The second-order valence-electron chi connectivity index (χ2n) is 9.68. The molecule has 2 aromatic rings. The summed E-state index contributed by atoms with van der Waals surface area (Å²) in [5, 5.41) is 3.31. The third-order valence-electron chi connectivity index (χ3n) is 7.38. The Morgan fingerprint density at radius 2 is 1.81 bits per heavy atom. The van der Waals surface area contributed by atoms with Crippen molar-refractivity contribution in [3.63, 3.8) is 0 Å². The van der Waals surface area contributed by atoms with Gasteiger partial charge >= 0.3 is 0 Å². The van der Waals surface area contributed by atoms with Gasteiger partial charge in [0.15, 0.2) is 12.4 Å². The second kappa shape index (κ2) is 10.5. The summed E-state index contributed by atoms with van der Waals surface area (Å²) in [6.45, 7) is 2.87. The van der Waals surface area contributed by atoms with E-state index in [0.717, 1.165) is 51.7 Å². The first kappa shape index (κ1) is 25.2. The molecule has 1 atom stereocenters. The van der Waals surface area contributed by atoms with Gasteiger partial charge in [-0.2, -0.15) is 4.31 Å². The van der Waals surface area contributed by atoms with Crippen molar-refractivity contribution >= 4 is 39.0 Å². The SMILES string of the molecule is O=C1COc2ccc(S(=O)(=O)N3CCC[C@@H]3CCN3CCC(C(=O)c4ccc(Cl)cc4)CC3)cc2N1. The molecule has 0 radical (unpaired) electrons. The van der Waals surface area contributed by atoms with Gasteiger partial charge in [-0.05, 0) is 94.2 Å². The van der Waals surface area contributed by atoms with E-state index in [1.54, 1.807) is 40.7 Å². The number of carbonyl (C=O) groups excluding carboxylic acids is 2. The van der Waals surface area contributed by atoms with E-state index in [2.05, 4.69) is 10.2 Å². The molecule has 0 aliphatic carbocycles. The topological polar surface area (TPSA) is 96.0 Å². The van der Waals surface area contributed by atoms with Gasteiger partial charge in [0.05, 0.1) is 10.6 Å². The Bertz CT molecular complexity index is 1240. The Morgan fingerprint density at radius 1 is 1.06 bits per heavy atom. The zero-order chi connectivity index (χ0) is 25.3. The van der Waals surface area contributed by atoms with E-state index in [0.29, 0.717) is 28.6 Å². The minimum atomic E-state index is -3.69. The number of hydrogen-bond acceptors (Lipinski definition) is 6. The number of hydrogen-bond donors (Lipinski definition) is 1. The van der Waals surface area contributed by atoms with Gasteiger partial charge in [0.2, 0.25) is 10.0 Å². The third-order valence-corrected chi connectivity index (χ3v) is 9.58. The number of Topliss-reactive ketones (excluding diaryl/α,β-unsaturated/α-hetero) is 1. The molecule has 192 valence electrons. The molecule has 1 amide bonds. The molecule has 0 unspecified atom stereocenters. The van der Waals surface area contributed by atoms with Crippen molar-refractivity contribution < 1.29 is 22.7 Å². The molecule has 0 bridgehead atoms. The standard InChI is InChI=1S/C26H30ClN3O5S/c27-20-5-3-18(4-6-20)26(32)19-9-13-29(14-10-19)15-11-21-2-1-12-30(21)36(33,34)22-7-8-24-23(16-22)28-25(31)17-35-24/h3-8,16,19,21H,1-2,9-15,17H2,(H,28,31)/t21-/m1/s1. The summed E-state index contributed by atoms with van der Waals surface area (Å²) in [4.78, 5) is 27.0. The molecule has 3 aliphatic heterocycles. The van der Waals surface area contributed by atoms with E-state index < -0.39 is 10.0 Å². The van der Waals surface area contributed by atoms with Gasteiger partial charge in [-0.15, -0.1) is 0 Å². The Kier molecular flexibility index (Phi) is 7.35. The lowest BCUT2D eigenvalue weighted by Gasteiger charge is -2.33. The molecule has 3 aliphatic rings.